The molecule has 1 aliphatic heterocycles. The average Bonchev–Trinajstić information content (AvgIpc) is 3.08. The van der Waals surface area contributed by atoms with Crippen molar-refractivity contribution in [1.82, 2.24) is 15.5 Å². The second-order valence-electron chi connectivity index (χ2n) is 7.73. The number of nitrogens with one attached hydrogen (secondary N) is 2. The quantitative estimate of drug-likeness (QED) is 0.282. The molecule has 0 bridgehead atoms. The average molecular weight is 413 g/mol. The minimum atomic E-state index is -1.19. The van der Waals surface area contributed by atoms with Crippen LogP contribution in [0.5, 0.6) is 0 Å². The van der Waals surface area contributed by atoms with Crippen molar-refractivity contribution in [3.8, 4) is 0 Å². The van der Waals surface area contributed by atoms with E-state index in [4.69, 9.17) is 16.6 Å². The van der Waals surface area contributed by atoms with Gasteiger partial charge in [-0.15, -0.1) is 0 Å². The van der Waals surface area contributed by atoms with E-state index in [2.05, 4.69) is 10.6 Å². The third-order valence-electron chi connectivity index (χ3n) is 4.65. The fourth-order valence-electron chi connectivity index (χ4n) is 3.17. The van der Waals surface area contributed by atoms with Gasteiger partial charge in [-0.3, -0.25) is 24.0 Å². The lowest BCUT2D eigenvalue weighted by Crippen LogP contribution is -2.56. The summed E-state index contributed by atoms with van der Waals surface area (Å²) in [7, 11) is 0. The number of rotatable bonds is 10. The molecular weight excluding hydrogens is 382 g/mol. The second kappa shape index (κ2) is 10.7. The Labute approximate surface area is 169 Å². The van der Waals surface area contributed by atoms with Gasteiger partial charge in [0.2, 0.25) is 23.6 Å². The monoisotopic (exact) mass is 413 g/mol. The van der Waals surface area contributed by atoms with Gasteiger partial charge in [0, 0.05) is 6.54 Å². The number of aliphatic carboxylic acids is 1. The van der Waals surface area contributed by atoms with Gasteiger partial charge in [0.25, 0.3) is 0 Å². The van der Waals surface area contributed by atoms with Crippen molar-refractivity contribution < 1.29 is 29.1 Å². The van der Waals surface area contributed by atoms with Crippen molar-refractivity contribution in [3.63, 3.8) is 0 Å². The Morgan fingerprint density at radius 2 is 1.76 bits per heavy atom. The highest BCUT2D eigenvalue weighted by Gasteiger charge is 2.38. The van der Waals surface area contributed by atoms with Crippen LogP contribution in [0.25, 0.3) is 0 Å². The summed E-state index contributed by atoms with van der Waals surface area (Å²) in [5.41, 5.74) is 10.8. The second-order valence-corrected chi connectivity index (χ2v) is 7.73. The molecule has 1 heterocycles. The van der Waals surface area contributed by atoms with Gasteiger partial charge < -0.3 is 32.1 Å². The number of carbonyl (C=O) groups excluding carboxylic acids is 4. The molecule has 1 saturated heterocycles. The molecule has 7 N–H and O–H groups in total. The number of primary amides is 1. The minimum Gasteiger partial charge on any atom is -0.480 e. The van der Waals surface area contributed by atoms with Crippen LogP contribution < -0.4 is 22.1 Å². The molecule has 1 fully saturated rings. The molecule has 11 heteroatoms. The van der Waals surface area contributed by atoms with Crippen molar-refractivity contribution in [3.05, 3.63) is 0 Å². The van der Waals surface area contributed by atoms with Crippen molar-refractivity contribution in [2.75, 3.05) is 6.54 Å². The Morgan fingerprint density at radius 3 is 2.28 bits per heavy atom. The first kappa shape index (κ1) is 24.3. The number of amides is 4. The van der Waals surface area contributed by atoms with Gasteiger partial charge in [-0.1, -0.05) is 13.8 Å². The normalized spacial score (nSPS) is 19.3. The first-order valence-electron chi connectivity index (χ1n) is 9.61. The number of nitrogens with zero attached hydrogens (tertiary/aromatic N) is 1. The van der Waals surface area contributed by atoms with Crippen LogP contribution in [0.15, 0.2) is 0 Å². The van der Waals surface area contributed by atoms with Gasteiger partial charge >= 0.3 is 5.97 Å². The maximum absolute atomic E-state index is 12.8. The molecule has 0 radical (unpaired) electrons. The molecule has 11 nitrogen and oxygen atoms in total. The molecule has 0 aromatic heterocycles. The van der Waals surface area contributed by atoms with E-state index in [9.17, 15) is 24.0 Å². The first-order valence-corrected chi connectivity index (χ1v) is 9.61. The topological polar surface area (TPSA) is 185 Å². The van der Waals surface area contributed by atoms with Gasteiger partial charge in [0.15, 0.2) is 0 Å². The van der Waals surface area contributed by atoms with Crippen LogP contribution in [0.1, 0.15) is 46.5 Å². The number of hydrogen-bond donors (Lipinski definition) is 5. The molecule has 29 heavy (non-hydrogen) atoms. The number of likely N-dealkylation sites (tertiary alicyclic amines) is 1. The summed E-state index contributed by atoms with van der Waals surface area (Å²) < 4.78 is 0. The zero-order valence-corrected chi connectivity index (χ0v) is 17.0. The van der Waals surface area contributed by atoms with Crippen LogP contribution >= 0.6 is 0 Å². The van der Waals surface area contributed by atoms with E-state index in [0.29, 0.717) is 25.8 Å². The van der Waals surface area contributed by atoms with E-state index >= 15 is 0 Å². The maximum atomic E-state index is 12.8. The summed E-state index contributed by atoms with van der Waals surface area (Å²) in [6.45, 7) is 5.36. The standard InChI is InChI=1S/C18H31N5O6/c1-9(2)7-12(15(25)21-10(3)18(28)29)22-16(26)13-5-4-6-23(13)17(27)11(19)8-14(20)24/h9-13H,4-8,19H2,1-3H3,(H2,20,24)(H,21,25)(H,22,26)(H,28,29). The molecule has 1 rings (SSSR count). The molecular formula is C18H31N5O6. The summed E-state index contributed by atoms with van der Waals surface area (Å²) in [4.78, 5) is 61.0. The Kier molecular flexibility index (Phi) is 9.02. The zero-order chi connectivity index (χ0) is 22.3. The number of carboxylic acids is 1. The predicted molar refractivity (Wildman–Crippen MR) is 103 cm³/mol. The summed E-state index contributed by atoms with van der Waals surface area (Å²) in [5, 5.41) is 13.9. The number of carbonyl (C=O) groups is 5. The van der Waals surface area contributed by atoms with E-state index in [0.717, 1.165) is 0 Å². The van der Waals surface area contributed by atoms with Gasteiger partial charge in [0.05, 0.1) is 12.5 Å². The lowest BCUT2D eigenvalue weighted by Gasteiger charge is -2.28. The van der Waals surface area contributed by atoms with Crippen molar-refractivity contribution in [2.45, 2.75) is 70.6 Å². The summed E-state index contributed by atoms with van der Waals surface area (Å²) in [6.07, 6.45) is 0.938. The molecule has 4 atom stereocenters. The Hall–Kier alpha value is -2.69. The Morgan fingerprint density at radius 1 is 1.14 bits per heavy atom. The van der Waals surface area contributed by atoms with Crippen molar-refractivity contribution in [1.29, 1.82) is 0 Å². The van der Waals surface area contributed by atoms with E-state index < -0.39 is 53.8 Å². The van der Waals surface area contributed by atoms with E-state index in [1.54, 1.807) is 0 Å². The van der Waals surface area contributed by atoms with Crippen LogP contribution in [-0.4, -0.2) is 70.3 Å². The van der Waals surface area contributed by atoms with Crippen LogP contribution in [0.4, 0.5) is 0 Å². The first-order chi connectivity index (χ1) is 13.4. The predicted octanol–water partition coefficient (Wildman–Crippen LogP) is -1.70. The summed E-state index contributed by atoms with van der Waals surface area (Å²) in [5.74, 6) is -3.53. The zero-order valence-electron chi connectivity index (χ0n) is 17.0. The van der Waals surface area contributed by atoms with Gasteiger partial charge in [-0.2, -0.15) is 0 Å². The van der Waals surface area contributed by atoms with Crippen LogP contribution in [0.3, 0.4) is 0 Å². The molecule has 0 aliphatic carbocycles. The molecule has 0 aromatic rings. The number of carboxylic acid groups (broad SMARTS) is 1. The maximum Gasteiger partial charge on any atom is 0.325 e. The largest absolute Gasteiger partial charge is 0.480 e. The van der Waals surface area contributed by atoms with Gasteiger partial charge in [-0.25, -0.2) is 0 Å². The highest BCUT2D eigenvalue weighted by atomic mass is 16.4. The highest BCUT2D eigenvalue weighted by molar-refractivity contribution is 5.95. The van der Waals surface area contributed by atoms with Crippen LogP contribution in [0.2, 0.25) is 0 Å². The molecule has 1 aliphatic rings. The van der Waals surface area contributed by atoms with Crippen LogP contribution in [0, 0.1) is 5.92 Å². The Balaban J connectivity index is 2.86. The van der Waals surface area contributed by atoms with Crippen LogP contribution in [-0.2, 0) is 24.0 Å². The van der Waals surface area contributed by atoms with E-state index in [1.165, 1.54) is 11.8 Å². The SMILES string of the molecule is CC(C)CC(NC(=O)C1CCCN1C(=O)C(N)CC(N)=O)C(=O)NC(C)C(=O)O. The number of hydrogen-bond acceptors (Lipinski definition) is 6. The summed E-state index contributed by atoms with van der Waals surface area (Å²) in [6, 6.07) is -4.00. The third-order valence-corrected chi connectivity index (χ3v) is 4.65. The lowest BCUT2D eigenvalue weighted by atomic mass is 10.0. The molecule has 4 unspecified atom stereocenters. The van der Waals surface area contributed by atoms with E-state index in [-0.39, 0.29) is 12.3 Å². The van der Waals surface area contributed by atoms with Crippen molar-refractivity contribution in [2.24, 2.45) is 17.4 Å². The fourth-order valence-corrected chi connectivity index (χ4v) is 3.17. The molecule has 0 saturated carbocycles. The number of nitrogens with two attached hydrogens (primary N) is 2. The fraction of sp³-hybridized carbons (Fsp3) is 0.722. The third kappa shape index (κ3) is 7.33. The molecule has 0 spiro atoms. The lowest BCUT2D eigenvalue weighted by molar-refractivity contribution is -0.143. The minimum absolute atomic E-state index is 0.0523. The van der Waals surface area contributed by atoms with E-state index in [1.807, 2.05) is 13.8 Å². The summed E-state index contributed by atoms with van der Waals surface area (Å²) >= 11 is 0. The van der Waals surface area contributed by atoms with Gasteiger partial charge in [0.1, 0.15) is 18.1 Å². The van der Waals surface area contributed by atoms with Gasteiger partial charge in [-0.05, 0) is 32.1 Å². The molecule has 4 amide bonds. The van der Waals surface area contributed by atoms with Crippen molar-refractivity contribution >= 4 is 29.6 Å². The smallest absolute Gasteiger partial charge is 0.325 e. The molecule has 0 aromatic carbocycles. The Bertz CT molecular complexity index is 653. The molecule has 164 valence electrons. The highest BCUT2D eigenvalue weighted by Crippen LogP contribution is 2.19.